The highest BCUT2D eigenvalue weighted by Crippen LogP contribution is 2.27. The molecule has 1 aromatic heterocycles. The van der Waals surface area contributed by atoms with Gasteiger partial charge < -0.3 is 20.1 Å². The Bertz CT molecular complexity index is 953. The third kappa shape index (κ3) is 6.01. The topological polar surface area (TPSA) is 72.7 Å². The van der Waals surface area contributed by atoms with Crippen molar-refractivity contribution in [1.29, 1.82) is 0 Å². The van der Waals surface area contributed by atoms with Crippen LogP contribution in [0.15, 0.2) is 65.9 Å². The lowest BCUT2D eigenvalue weighted by atomic mass is 10.1. The Kier molecular flexibility index (Phi) is 7.71. The molecule has 0 bridgehead atoms. The third-order valence-electron chi connectivity index (χ3n) is 4.71. The van der Waals surface area contributed by atoms with Crippen molar-refractivity contribution >= 4 is 5.96 Å². The molecule has 0 unspecified atom stereocenters. The number of hydrogen-bond donors (Lipinski definition) is 2. The number of nitrogens with zero attached hydrogens (tertiary/aromatic N) is 3. The van der Waals surface area contributed by atoms with Gasteiger partial charge in [-0.15, -0.1) is 0 Å². The van der Waals surface area contributed by atoms with Crippen LogP contribution in [-0.2, 0) is 19.5 Å². The van der Waals surface area contributed by atoms with Gasteiger partial charge in [0.1, 0.15) is 0 Å². The van der Waals surface area contributed by atoms with Crippen molar-refractivity contribution in [2.75, 3.05) is 27.8 Å². The minimum atomic E-state index is 0.658. The summed E-state index contributed by atoms with van der Waals surface area (Å²) in [7, 11) is 5.05. The third-order valence-corrected chi connectivity index (χ3v) is 4.71. The van der Waals surface area contributed by atoms with Gasteiger partial charge in [-0.05, 0) is 29.7 Å². The van der Waals surface area contributed by atoms with Crippen LogP contribution in [-0.4, -0.2) is 43.6 Å². The molecule has 7 nitrogen and oxygen atoms in total. The standard InChI is InChI=1S/C23H29N5O2/c1-24-23(25-12-11-18-9-10-21(29-2)22(13-18)30-3)26-14-20-15-27-28(17-20)16-19-7-5-4-6-8-19/h4-10,13,15,17H,11-12,14,16H2,1-3H3,(H2,24,25,26). The molecular weight excluding hydrogens is 378 g/mol. The van der Waals surface area contributed by atoms with E-state index >= 15 is 0 Å². The maximum atomic E-state index is 5.36. The fourth-order valence-corrected chi connectivity index (χ4v) is 3.12. The van der Waals surface area contributed by atoms with E-state index in [0.29, 0.717) is 6.54 Å². The Labute approximate surface area is 177 Å². The van der Waals surface area contributed by atoms with Crippen molar-refractivity contribution in [1.82, 2.24) is 20.4 Å². The fourth-order valence-electron chi connectivity index (χ4n) is 3.12. The van der Waals surface area contributed by atoms with Gasteiger partial charge >= 0.3 is 0 Å². The second-order valence-corrected chi connectivity index (χ2v) is 6.82. The van der Waals surface area contributed by atoms with E-state index in [2.05, 4.69) is 39.1 Å². The lowest BCUT2D eigenvalue weighted by Gasteiger charge is -2.12. The van der Waals surface area contributed by atoms with Crippen LogP contribution in [0.4, 0.5) is 0 Å². The van der Waals surface area contributed by atoms with Gasteiger partial charge in [-0.1, -0.05) is 36.4 Å². The van der Waals surface area contributed by atoms with E-state index in [0.717, 1.165) is 48.1 Å². The van der Waals surface area contributed by atoms with Crippen molar-refractivity contribution in [3.8, 4) is 11.5 Å². The lowest BCUT2D eigenvalue weighted by Crippen LogP contribution is -2.37. The first-order chi connectivity index (χ1) is 14.7. The zero-order valence-electron chi connectivity index (χ0n) is 17.8. The smallest absolute Gasteiger partial charge is 0.191 e. The quantitative estimate of drug-likeness (QED) is 0.422. The van der Waals surface area contributed by atoms with Crippen molar-refractivity contribution < 1.29 is 9.47 Å². The summed E-state index contributed by atoms with van der Waals surface area (Å²) in [6.07, 6.45) is 4.78. The largest absolute Gasteiger partial charge is 0.493 e. The van der Waals surface area contributed by atoms with E-state index in [1.807, 2.05) is 47.3 Å². The van der Waals surface area contributed by atoms with Crippen LogP contribution in [0.1, 0.15) is 16.7 Å². The van der Waals surface area contributed by atoms with Gasteiger partial charge in [-0.25, -0.2) is 0 Å². The molecule has 0 atom stereocenters. The zero-order valence-corrected chi connectivity index (χ0v) is 17.8. The van der Waals surface area contributed by atoms with Crippen LogP contribution in [0.2, 0.25) is 0 Å². The molecule has 0 saturated carbocycles. The average Bonchev–Trinajstić information content (AvgIpc) is 3.23. The van der Waals surface area contributed by atoms with E-state index in [-0.39, 0.29) is 0 Å². The molecule has 2 N–H and O–H groups in total. The van der Waals surface area contributed by atoms with Crippen molar-refractivity contribution in [3.63, 3.8) is 0 Å². The summed E-state index contributed by atoms with van der Waals surface area (Å²) in [6, 6.07) is 16.3. The molecular formula is C23H29N5O2. The first-order valence-corrected chi connectivity index (χ1v) is 9.92. The Morgan fingerprint density at radius 3 is 2.50 bits per heavy atom. The van der Waals surface area contributed by atoms with E-state index < -0.39 is 0 Å². The van der Waals surface area contributed by atoms with Gasteiger partial charge in [0.05, 0.1) is 27.0 Å². The normalized spacial score (nSPS) is 11.2. The molecule has 0 fully saturated rings. The van der Waals surface area contributed by atoms with Crippen LogP contribution in [0.5, 0.6) is 11.5 Å². The zero-order chi connectivity index (χ0) is 21.2. The molecule has 0 amide bonds. The number of rotatable bonds is 9. The fraction of sp³-hybridized carbons (Fsp3) is 0.304. The molecule has 3 rings (SSSR count). The van der Waals surface area contributed by atoms with Gasteiger partial charge in [-0.2, -0.15) is 5.10 Å². The highest BCUT2D eigenvalue weighted by Gasteiger charge is 2.06. The second kappa shape index (κ2) is 10.9. The summed E-state index contributed by atoms with van der Waals surface area (Å²) in [6.45, 7) is 2.17. The molecule has 158 valence electrons. The monoisotopic (exact) mass is 407 g/mol. The van der Waals surface area contributed by atoms with Gasteiger partial charge in [0.25, 0.3) is 0 Å². The predicted molar refractivity (Wildman–Crippen MR) is 119 cm³/mol. The van der Waals surface area contributed by atoms with Crippen molar-refractivity contribution in [2.45, 2.75) is 19.5 Å². The Balaban J connectivity index is 1.45. The predicted octanol–water partition coefficient (Wildman–Crippen LogP) is 2.86. The highest BCUT2D eigenvalue weighted by atomic mass is 16.5. The lowest BCUT2D eigenvalue weighted by molar-refractivity contribution is 0.354. The first-order valence-electron chi connectivity index (χ1n) is 9.92. The van der Waals surface area contributed by atoms with E-state index in [9.17, 15) is 0 Å². The number of ether oxygens (including phenoxy) is 2. The molecule has 0 saturated heterocycles. The summed E-state index contributed by atoms with van der Waals surface area (Å²) >= 11 is 0. The first kappa shape index (κ1) is 21.2. The van der Waals surface area contributed by atoms with E-state index in [1.54, 1.807) is 21.3 Å². The number of hydrogen-bond acceptors (Lipinski definition) is 4. The van der Waals surface area contributed by atoms with Crippen LogP contribution in [0.3, 0.4) is 0 Å². The summed E-state index contributed by atoms with van der Waals surface area (Å²) in [5, 5.41) is 11.1. The average molecular weight is 408 g/mol. The van der Waals surface area contributed by atoms with Crippen LogP contribution in [0, 0.1) is 0 Å². The van der Waals surface area contributed by atoms with Crippen molar-refractivity contribution in [2.24, 2.45) is 4.99 Å². The molecule has 7 heteroatoms. The highest BCUT2D eigenvalue weighted by molar-refractivity contribution is 5.79. The maximum Gasteiger partial charge on any atom is 0.191 e. The molecule has 0 aliphatic carbocycles. The Morgan fingerprint density at radius 1 is 0.967 bits per heavy atom. The number of guanidine groups is 1. The van der Waals surface area contributed by atoms with Gasteiger partial charge in [0, 0.05) is 31.9 Å². The maximum absolute atomic E-state index is 5.36. The number of aromatic nitrogens is 2. The van der Waals surface area contributed by atoms with Gasteiger partial charge in [-0.3, -0.25) is 9.67 Å². The van der Waals surface area contributed by atoms with Crippen LogP contribution in [0.25, 0.3) is 0 Å². The number of benzene rings is 2. The Morgan fingerprint density at radius 2 is 1.77 bits per heavy atom. The summed E-state index contributed by atoms with van der Waals surface area (Å²) in [5.41, 5.74) is 3.50. The number of aliphatic imine (C=N–C) groups is 1. The van der Waals surface area contributed by atoms with Gasteiger partial charge in [0.15, 0.2) is 17.5 Å². The minimum absolute atomic E-state index is 0.658. The van der Waals surface area contributed by atoms with Crippen LogP contribution >= 0.6 is 0 Å². The minimum Gasteiger partial charge on any atom is -0.493 e. The molecule has 0 aliphatic rings. The summed E-state index contributed by atoms with van der Waals surface area (Å²) in [5.74, 6) is 2.23. The second-order valence-electron chi connectivity index (χ2n) is 6.82. The Hall–Kier alpha value is -3.48. The van der Waals surface area contributed by atoms with E-state index in [1.165, 1.54) is 5.56 Å². The molecule has 0 radical (unpaired) electrons. The summed E-state index contributed by atoms with van der Waals surface area (Å²) in [4.78, 5) is 4.29. The molecule has 30 heavy (non-hydrogen) atoms. The van der Waals surface area contributed by atoms with Crippen LogP contribution < -0.4 is 20.1 Å². The van der Waals surface area contributed by atoms with Gasteiger partial charge in [0.2, 0.25) is 0 Å². The molecule has 0 aliphatic heterocycles. The SMILES string of the molecule is CN=C(NCCc1ccc(OC)c(OC)c1)NCc1cnn(Cc2ccccc2)c1. The van der Waals surface area contributed by atoms with Crippen molar-refractivity contribution in [3.05, 3.63) is 77.6 Å². The molecule has 1 heterocycles. The number of nitrogens with one attached hydrogen (secondary N) is 2. The molecule has 3 aromatic rings. The molecule has 0 spiro atoms. The number of methoxy groups -OCH3 is 2. The van der Waals surface area contributed by atoms with E-state index in [4.69, 9.17) is 9.47 Å². The summed E-state index contributed by atoms with van der Waals surface area (Å²) < 4.78 is 12.6. The molecule has 2 aromatic carbocycles.